The molecule has 1 fully saturated rings. The van der Waals surface area contributed by atoms with E-state index in [2.05, 4.69) is 22.2 Å². The van der Waals surface area contributed by atoms with Crippen LogP contribution in [0.15, 0.2) is 0 Å². The second kappa shape index (κ2) is 6.89. The van der Waals surface area contributed by atoms with Crippen molar-refractivity contribution in [2.45, 2.75) is 52.6 Å². The number of anilines is 1. The lowest BCUT2D eigenvalue weighted by molar-refractivity contribution is -0.384. The molecule has 1 aliphatic rings. The van der Waals surface area contributed by atoms with Crippen LogP contribution in [0.25, 0.3) is 0 Å². The van der Waals surface area contributed by atoms with E-state index in [0.717, 1.165) is 38.9 Å². The zero-order valence-electron chi connectivity index (χ0n) is 13.1. The van der Waals surface area contributed by atoms with Gasteiger partial charge >= 0.3 is 5.69 Å². The van der Waals surface area contributed by atoms with Gasteiger partial charge in [-0.2, -0.15) is 5.10 Å². The number of nitro groups is 1. The molecule has 0 spiro atoms. The molecular formula is C14H25N5O2. The summed E-state index contributed by atoms with van der Waals surface area (Å²) in [5.41, 5.74) is 0.664. The number of nitrogens with one attached hydrogen (secondary N) is 1. The summed E-state index contributed by atoms with van der Waals surface area (Å²) in [4.78, 5) is 13.4. The highest BCUT2D eigenvalue weighted by molar-refractivity contribution is 5.62. The molecular weight excluding hydrogens is 270 g/mol. The maximum Gasteiger partial charge on any atom is 0.333 e. The van der Waals surface area contributed by atoms with E-state index in [-0.39, 0.29) is 10.6 Å². The third-order valence-electron chi connectivity index (χ3n) is 4.00. The minimum atomic E-state index is -0.289. The Morgan fingerprint density at radius 1 is 1.52 bits per heavy atom. The Morgan fingerprint density at radius 3 is 2.81 bits per heavy atom. The van der Waals surface area contributed by atoms with E-state index in [4.69, 9.17) is 0 Å². The fraction of sp³-hybridized carbons (Fsp3) is 0.786. The van der Waals surface area contributed by atoms with Crippen molar-refractivity contribution in [3.05, 3.63) is 15.8 Å². The van der Waals surface area contributed by atoms with Crippen molar-refractivity contribution in [1.82, 2.24) is 15.1 Å². The molecule has 1 N–H and O–H groups in total. The van der Waals surface area contributed by atoms with Gasteiger partial charge in [0.2, 0.25) is 5.82 Å². The largest absolute Gasteiger partial charge is 0.347 e. The molecule has 1 atom stereocenters. The Balaban J connectivity index is 2.44. The zero-order chi connectivity index (χ0) is 15.4. The number of rotatable bonds is 6. The van der Waals surface area contributed by atoms with Crippen LogP contribution in [0.2, 0.25) is 0 Å². The molecule has 21 heavy (non-hydrogen) atoms. The number of hydrogen-bond donors (Lipinski definition) is 1. The summed E-state index contributed by atoms with van der Waals surface area (Å²) >= 11 is 0. The monoisotopic (exact) mass is 295 g/mol. The molecule has 0 amide bonds. The molecule has 0 radical (unpaired) electrons. The van der Waals surface area contributed by atoms with Gasteiger partial charge in [-0.3, -0.25) is 10.1 Å². The quantitative estimate of drug-likeness (QED) is 0.642. The van der Waals surface area contributed by atoms with Crippen LogP contribution in [0, 0.1) is 17.0 Å². The topological polar surface area (TPSA) is 76.2 Å². The van der Waals surface area contributed by atoms with E-state index >= 15 is 0 Å². The Bertz CT molecular complexity index is 494. The highest BCUT2D eigenvalue weighted by Crippen LogP contribution is 2.34. The minimum Gasteiger partial charge on any atom is -0.347 e. The summed E-state index contributed by atoms with van der Waals surface area (Å²) in [6.45, 7) is 9.17. The van der Waals surface area contributed by atoms with Gasteiger partial charge < -0.3 is 10.2 Å². The van der Waals surface area contributed by atoms with Gasteiger partial charge in [0.25, 0.3) is 0 Å². The predicted octanol–water partition coefficient (Wildman–Crippen LogP) is 2.09. The fourth-order valence-electron chi connectivity index (χ4n) is 3.08. The first-order valence-corrected chi connectivity index (χ1v) is 7.79. The summed E-state index contributed by atoms with van der Waals surface area (Å²) in [7, 11) is 0. The van der Waals surface area contributed by atoms with E-state index in [0.29, 0.717) is 24.1 Å². The molecule has 7 heteroatoms. The van der Waals surface area contributed by atoms with E-state index in [9.17, 15) is 10.1 Å². The lowest BCUT2D eigenvalue weighted by atomic mass is 10.1. The first-order valence-electron chi connectivity index (χ1n) is 7.79. The van der Waals surface area contributed by atoms with Crippen molar-refractivity contribution in [2.24, 2.45) is 0 Å². The van der Waals surface area contributed by atoms with Crippen LogP contribution in [-0.2, 0) is 6.54 Å². The number of aromatic nitrogens is 2. The van der Waals surface area contributed by atoms with Crippen molar-refractivity contribution in [2.75, 3.05) is 24.5 Å². The fourth-order valence-corrected chi connectivity index (χ4v) is 3.08. The van der Waals surface area contributed by atoms with Crippen LogP contribution >= 0.6 is 0 Å². The second-order valence-corrected chi connectivity index (χ2v) is 5.52. The Morgan fingerprint density at radius 2 is 2.29 bits per heavy atom. The first kappa shape index (κ1) is 15.8. The lowest BCUT2D eigenvalue weighted by Gasteiger charge is -2.35. The molecule has 118 valence electrons. The molecule has 1 saturated heterocycles. The third-order valence-corrected chi connectivity index (χ3v) is 4.00. The third kappa shape index (κ3) is 3.18. The molecule has 0 aromatic carbocycles. The van der Waals surface area contributed by atoms with Crippen LogP contribution in [0.1, 0.15) is 38.8 Å². The van der Waals surface area contributed by atoms with Crippen LogP contribution < -0.4 is 10.2 Å². The zero-order valence-corrected chi connectivity index (χ0v) is 13.1. The van der Waals surface area contributed by atoms with Crippen molar-refractivity contribution in [1.29, 1.82) is 0 Å². The van der Waals surface area contributed by atoms with Crippen LogP contribution in [0.4, 0.5) is 11.5 Å². The molecule has 0 bridgehead atoms. The van der Waals surface area contributed by atoms with Gasteiger partial charge in [0, 0.05) is 25.7 Å². The summed E-state index contributed by atoms with van der Waals surface area (Å²) < 4.78 is 1.78. The number of piperidine rings is 1. The molecule has 2 rings (SSSR count). The predicted molar refractivity (Wildman–Crippen MR) is 82.8 cm³/mol. The van der Waals surface area contributed by atoms with Gasteiger partial charge in [-0.25, -0.2) is 4.68 Å². The summed E-state index contributed by atoms with van der Waals surface area (Å²) in [5.74, 6) is 0.676. The highest BCUT2D eigenvalue weighted by atomic mass is 16.6. The van der Waals surface area contributed by atoms with Gasteiger partial charge in [-0.05, 0) is 39.7 Å². The van der Waals surface area contributed by atoms with Crippen LogP contribution in [-0.4, -0.2) is 40.4 Å². The summed E-state index contributed by atoms with van der Waals surface area (Å²) in [6.07, 6.45) is 3.14. The van der Waals surface area contributed by atoms with Crippen LogP contribution in [0.3, 0.4) is 0 Å². The van der Waals surface area contributed by atoms with Gasteiger partial charge in [0.15, 0.2) is 0 Å². The van der Waals surface area contributed by atoms with Crippen molar-refractivity contribution >= 4 is 11.5 Å². The summed E-state index contributed by atoms with van der Waals surface area (Å²) in [6, 6.07) is 0.304. The first-order chi connectivity index (χ1) is 10.1. The lowest BCUT2D eigenvalue weighted by Crippen LogP contribution is -2.47. The van der Waals surface area contributed by atoms with E-state index in [1.807, 2.05) is 6.92 Å². The molecule has 0 saturated carbocycles. The van der Waals surface area contributed by atoms with E-state index in [1.54, 1.807) is 11.6 Å². The molecule has 1 aromatic rings. The van der Waals surface area contributed by atoms with Gasteiger partial charge in [-0.15, -0.1) is 0 Å². The van der Waals surface area contributed by atoms with Crippen molar-refractivity contribution in [3.63, 3.8) is 0 Å². The summed E-state index contributed by atoms with van der Waals surface area (Å²) in [5, 5.41) is 19.2. The normalized spacial score (nSPS) is 18.7. The number of nitrogens with zero attached hydrogens (tertiary/aromatic N) is 4. The molecule has 7 nitrogen and oxygen atoms in total. The molecule has 1 aliphatic heterocycles. The smallest absolute Gasteiger partial charge is 0.333 e. The molecule has 1 unspecified atom stereocenters. The Kier molecular flexibility index (Phi) is 5.17. The highest BCUT2D eigenvalue weighted by Gasteiger charge is 2.32. The second-order valence-electron chi connectivity index (χ2n) is 5.52. The molecule has 0 aliphatic carbocycles. The van der Waals surface area contributed by atoms with Crippen molar-refractivity contribution < 1.29 is 4.92 Å². The van der Waals surface area contributed by atoms with Crippen molar-refractivity contribution in [3.8, 4) is 0 Å². The van der Waals surface area contributed by atoms with Gasteiger partial charge in [0.1, 0.15) is 5.69 Å². The minimum absolute atomic E-state index is 0.163. The van der Waals surface area contributed by atoms with Gasteiger partial charge in [-0.1, -0.05) is 6.92 Å². The maximum absolute atomic E-state index is 11.5. The molecule has 1 aromatic heterocycles. The van der Waals surface area contributed by atoms with Gasteiger partial charge in [0.05, 0.1) is 4.92 Å². The SMILES string of the molecule is CCCN(c1c([N+](=O)[O-])c(C)nn1CC)C1CCCNC1. The Hall–Kier alpha value is -1.63. The van der Waals surface area contributed by atoms with E-state index < -0.39 is 0 Å². The number of hydrogen-bond acceptors (Lipinski definition) is 5. The maximum atomic E-state index is 11.5. The number of aryl methyl sites for hydroxylation is 2. The molecule has 2 heterocycles. The van der Waals surface area contributed by atoms with Crippen LogP contribution in [0.5, 0.6) is 0 Å². The average Bonchev–Trinajstić information content (AvgIpc) is 2.82. The van der Waals surface area contributed by atoms with E-state index in [1.165, 1.54) is 0 Å². The standard InChI is InChI=1S/C14H25N5O2/c1-4-9-17(12-7-6-8-15-10-12)14-13(19(20)21)11(3)16-18(14)5-2/h12,15H,4-10H2,1-3H3. The Labute approximate surface area is 125 Å². The average molecular weight is 295 g/mol.